The molecule has 0 spiro atoms. The Hall–Kier alpha value is -2.87. The normalized spacial score (nSPS) is 11.1. The highest BCUT2D eigenvalue weighted by molar-refractivity contribution is 5.74. The van der Waals surface area contributed by atoms with Crippen molar-refractivity contribution in [1.82, 2.24) is 4.98 Å². The van der Waals surface area contributed by atoms with Gasteiger partial charge in [-0.05, 0) is 42.4 Å². The van der Waals surface area contributed by atoms with E-state index >= 15 is 0 Å². The van der Waals surface area contributed by atoms with Gasteiger partial charge in [-0.1, -0.05) is 50.6 Å². The van der Waals surface area contributed by atoms with Crippen LogP contribution in [0.2, 0.25) is 0 Å². The Morgan fingerprint density at radius 2 is 1.81 bits per heavy atom. The molecule has 0 unspecified atom stereocenters. The van der Waals surface area contributed by atoms with Crippen LogP contribution in [0.4, 0.5) is 4.79 Å². The third kappa shape index (κ3) is 5.30. The van der Waals surface area contributed by atoms with Crippen LogP contribution in [0.15, 0.2) is 24.3 Å². The first-order chi connectivity index (χ1) is 12.6. The molecule has 0 aliphatic heterocycles. The highest BCUT2D eigenvalue weighted by atomic mass is 16.5. The van der Waals surface area contributed by atoms with Gasteiger partial charge in [0.1, 0.15) is 6.61 Å². The fourth-order valence-electron chi connectivity index (χ4n) is 3.16. The SMILES string of the molecule is Cc1ccc(-c2c(CC#N)c(C)nc(CC(C)(C)C)c2COC(N)=O)cc1. The molecule has 0 bridgehead atoms. The van der Waals surface area contributed by atoms with E-state index in [1.165, 1.54) is 0 Å². The number of hydrogen-bond acceptors (Lipinski definition) is 4. The number of carbonyl (C=O) groups excluding carboxylic acids is 1. The zero-order valence-corrected chi connectivity index (χ0v) is 16.7. The first-order valence-electron chi connectivity index (χ1n) is 9.00. The maximum Gasteiger partial charge on any atom is 0.404 e. The highest BCUT2D eigenvalue weighted by Crippen LogP contribution is 2.35. The number of carbonyl (C=O) groups is 1. The van der Waals surface area contributed by atoms with Crippen LogP contribution >= 0.6 is 0 Å². The number of pyridine rings is 1. The lowest BCUT2D eigenvalue weighted by Gasteiger charge is -2.24. The predicted octanol–water partition coefficient (Wildman–Crippen LogP) is 4.62. The summed E-state index contributed by atoms with van der Waals surface area (Å²) in [6, 6.07) is 10.4. The van der Waals surface area contributed by atoms with Crippen molar-refractivity contribution >= 4 is 6.09 Å². The van der Waals surface area contributed by atoms with Crippen LogP contribution in [0.1, 0.15) is 48.8 Å². The summed E-state index contributed by atoms with van der Waals surface area (Å²) < 4.78 is 5.16. The monoisotopic (exact) mass is 365 g/mol. The van der Waals surface area contributed by atoms with Gasteiger partial charge in [-0.15, -0.1) is 0 Å². The van der Waals surface area contributed by atoms with Crippen LogP contribution < -0.4 is 5.73 Å². The molecule has 0 aliphatic rings. The van der Waals surface area contributed by atoms with Crippen LogP contribution in [-0.2, 0) is 24.2 Å². The molecule has 2 aromatic rings. The average molecular weight is 365 g/mol. The zero-order chi connectivity index (χ0) is 20.2. The first kappa shape index (κ1) is 20.4. The lowest BCUT2D eigenvalue weighted by atomic mass is 9.84. The summed E-state index contributed by atoms with van der Waals surface area (Å²) in [5.74, 6) is 0. The fraction of sp³-hybridized carbons (Fsp3) is 0.409. The molecule has 1 amide bonds. The molecule has 5 heteroatoms. The standard InChI is InChI=1S/C22H27N3O2/c1-14-6-8-16(9-7-14)20-17(10-11-23)15(2)25-19(12-22(3,4)5)18(20)13-27-21(24)26/h6-9H,10,12-13H2,1-5H3,(H2,24,26). The van der Waals surface area contributed by atoms with Crippen molar-refractivity contribution in [3.63, 3.8) is 0 Å². The first-order valence-corrected chi connectivity index (χ1v) is 9.00. The van der Waals surface area contributed by atoms with Crippen LogP contribution in [0.3, 0.4) is 0 Å². The van der Waals surface area contributed by atoms with Crippen molar-refractivity contribution in [3.8, 4) is 17.2 Å². The third-order valence-corrected chi connectivity index (χ3v) is 4.34. The highest BCUT2D eigenvalue weighted by Gasteiger charge is 2.23. The summed E-state index contributed by atoms with van der Waals surface area (Å²) in [4.78, 5) is 16.0. The van der Waals surface area contributed by atoms with Gasteiger partial charge >= 0.3 is 6.09 Å². The van der Waals surface area contributed by atoms with Crippen molar-refractivity contribution in [2.24, 2.45) is 11.1 Å². The van der Waals surface area contributed by atoms with Crippen LogP contribution in [0, 0.1) is 30.6 Å². The molecule has 5 nitrogen and oxygen atoms in total. The van der Waals surface area contributed by atoms with E-state index in [-0.39, 0.29) is 18.4 Å². The molecule has 2 N–H and O–H groups in total. The summed E-state index contributed by atoms with van der Waals surface area (Å²) in [6.45, 7) is 10.4. The molecule has 0 atom stereocenters. The summed E-state index contributed by atoms with van der Waals surface area (Å²) in [5, 5.41) is 9.34. The number of benzene rings is 1. The molecule has 27 heavy (non-hydrogen) atoms. The maximum atomic E-state index is 11.3. The summed E-state index contributed by atoms with van der Waals surface area (Å²) in [7, 11) is 0. The van der Waals surface area contributed by atoms with Crippen LogP contribution in [0.5, 0.6) is 0 Å². The second-order valence-electron chi connectivity index (χ2n) is 8.02. The molecule has 0 saturated carbocycles. The minimum absolute atomic E-state index is 0.00219. The minimum Gasteiger partial charge on any atom is -0.445 e. The topological polar surface area (TPSA) is 89.0 Å². The van der Waals surface area contributed by atoms with E-state index in [1.807, 2.05) is 38.1 Å². The van der Waals surface area contributed by atoms with E-state index in [9.17, 15) is 10.1 Å². The molecule has 0 saturated heterocycles. The molecular formula is C22H27N3O2. The summed E-state index contributed by atoms with van der Waals surface area (Å²) in [6.07, 6.45) is 0.132. The van der Waals surface area contributed by atoms with Gasteiger partial charge in [-0.3, -0.25) is 4.98 Å². The molecule has 0 aliphatic carbocycles. The van der Waals surface area contributed by atoms with E-state index < -0.39 is 6.09 Å². The number of nitriles is 1. The van der Waals surface area contributed by atoms with Gasteiger partial charge < -0.3 is 10.5 Å². The number of nitrogens with two attached hydrogens (primary N) is 1. The van der Waals surface area contributed by atoms with E-state index in [1.54, 1.807) is 0 Å². The number of nitrogens with zero attached hydrogens (tertiary/aromatic N) is 2. The maximum absolute atomic E-state index is 11.3. The number of aromatic nitrogens is 1. The van der Waals surface area contributed by atoms with Crippen molar-refractivity contribution < 1.29 is 9.53 Å². The van der Waals surface area contributed by atoms with Crippen molar-refractivity contribution in [3.05, 3.63) is 52.3 Å². The molecule has 0 radical (unpaired) electrons. The van der Waals surface area contributed by atoms with Crippen LogP contribution in [0.25, 0.3) is 11.1 Å². The van der Waals surface area contributed by atoms with Gasteiger partial charge in [0.05, 0.1) is 12.5 Å². The number of amides is 1. The Labute approximate surface area is 161 Å². The van der Waals surface area contributed by atoms with Crippen molar-refractivity contribution in [2.75, 3.05) is 0 Å². The van der Waals surface area contributed by atoms with Gasteiger partial charge in [0.2, 0.25) is 0 Å². The van der Waals surface area contributed by atoms with Crippen molar-refractivity contribution in [1.29, 1.82) is 5.26 Å². The lowest BCUT2D eigenvalue weighted by Crippen LogP contribution is -2.18. The van der Waals surface area contributed by atoms with Gasteiger partial charge in [-0.25, -0.2) is 4.79 Å². The predicted molar refractivity (Wildman–Crippen MR) is 106 cm³/mol. The minimum atomic E-state index is -0.825. The van der Waals surface area contributed by atoms with Gasteiger partial charge in [0.25, 0.3) is 0 Å². The van der Waals surface area contributed by atoms with E-state index in [0.29, 0.717) is 0 Å². The second kappa shape index (κ2) is 8.22. The number of rotatable bonds is 5. The molecule has 1 heterocycles. The van der Waals surface area contributed by atoms with E-state index in [0.717, 1.165) is 45.6 Å². The van der Waals surface area contributed by atoms with Gasteiger partial charge in [0.15, 0.2) is 0 Å². The third-order valence-electron chi connectivity index (χ3n) is 4.34. The quantitative estimate of drug-likeness (QED) is 0.837. The Bertz CT molecular complexity index is 872. The zero-order valence-electron chi connectivity index (χ0n) is 16.7. The number of aryl methyl sites for hydroxylation is 2. The molecule has 1 aromatic carbocycles. The van der Waals surface area contributed by atoms with Gasteiger partial charge in [-0.2, -0.15) is 5.26 Å². The van der Waals surface area contributed by atoms with E-state index in [2.05, 4.69) is 26.8 Å². The number of primary amides is 1. The van der Waals surface area contributed by atoms with E-state index in [4.69, 9.17) is 15.5 Å². The Morgan fingerprint density at radius 1 is 1.19 bits per heavy atom. The Morgan fingerprint density at radius 3 is 2.33 bits per heavy atom. The fourth-order valence-corrected chi connectivity index (χ4v) is 3.16. The van der Waals surface area contributed by atoms with Crippen LogP contribution in [-0.4, -0.2) is 11.1 Å². The Balaban J connectivity index is 2.78. The smallest absolute Gasteiger partial charge is 0.404 e. The lowest BCUT2D eigenvalue weighted by molar-refractivity contribution is 0.150. The Kier molecular flexibility index (Phi) is 6.22. The molecule has 0 fully saturated rings. The molecular weight excluding hydrogens is 338 g/mol. The average Bonchev–Trinajstić information content (AvgIpc) is 2.55. The molecule has 142 valence electrons. The largest absolute Gasteiger partial charge is 0.445 e. The van der Waals surface area contributed by atoms with Crippen molar-refractivity contribution in [2.45, 2.75) is 54.1 Å². The summed E-state index contributed by atoms with van der Waals surface area (Å²) >= 11 is 0. The number of hydrogen-bond donors (Lipinski definition) is 1. The molecule has 1 aromatic heterocycles. The second-order valence-corrected chi connectivity index (χ2v) is 8.02. The molecule has 2 rings (SSSR count). The van der Waals surface area contributed by atoms with Gasteiger partial charge in [0, 0.05) is 17.0 Å². The summed E-state index contributed by atoms with van der Waals surface area (Å²) in [5.41, 5.74) is 11.7. The number of ether oxygens (including phenoxy) is 1.